The summed E-state index contributed by atoms with van der Waals surface area (Å²) in [7, 11) is 1.12. The van der Waals surface area contributed by atoms with Crippen LogP contribution in [0.3, 0.4) is 0 Å². The first-order chi connectivity index (χ1) is 6.92. The number of aromatic nitrogens is 2. The first-order valence-corrected chi connectivity index (χ1v) is 3.58. The van der Waals surface area contributed by atoms with Crippen molar-refractivity contribution in [3.8, 4) is 5.88 Å². The molecular formula is C7H5F3N2O3. The predicted molar refractivity (Wildman–Crippen MR) is 40.1 cm³/mol. The van der Waals surface area contributed by atoms with Crippen LogP contribution in [-0.4, -0.2) is 29.4 Å². The number of carbonyl (C=O) groups is 1. The monoisotopic (exact) mass is 222 g/mol. The Morgan fingerprint density at radius 1 is 1.33 bits per heavy atom. The number of carbonyl (C=O) groups excluding carboxylic acids is 1. The summed E-state index contributed by atoms with van der Waals surface area (Å²) in [5.74, 6) is -1.53. The first-order valence-electron chi connectivity index (χ1n) is 3.58. The van der Waals surface area contributed by atoms with Crippen molar-refractivity contribution in [1.29, 1.82) is 0 Å². The van der Waals surface area contributed by atoms with Gasteiger partial charge >= 0.3 is 12.3 Å². The molecule has 0 N–H and O–H groups in total. The lowest BCUT2D eigenvalue weighted by atomic mass is 10.4. The smallest absolute Gasteiger partial charge is 0.464 e. The number of esters is 1. The Labute approximate surface area is 81.9 Å². The second-order valence-electron chi connectivity index (χ2n) is 2.28. The number of rotatable bonds is 2. The molecule has 0 bridgehead atoms. The Balaban J connectivity index is 2.77. The fourth-order valence-corrected chi connectivity index (χ4v) is 0.697. The summed E-state index contributed by atoms with van der Waals surface area (Å²) in [5, 5.41) is 0. The molecule has 0 saturated carbocycles. The minimum absolute atomic E-state index is 0.202. The Morgan fingerprint density at radius 3 is 2.40 bits per heavy atom. The molecule has 0 amide bonds. The van der Waals surface area contributed by atoms with Crippen molar-refractivity contribution >= 4 is 5.97 Å². The molecule has 5 nitrogen and oxygen atoms in total. The van der Waals surface area contributed by atoms with E-state index in [2.05, 4.69) is 19.4 Å². The quantitative estimate of drug-likeness (QED) is 0.702. The molecule has 0 aromatic carbocycles. The summed E-state index contributed by atoms with van der Waals surface area (Å²) in [5.41, 5.74) is -0.202. The number of ether oxygens (including phenoxy) is 2. The molecule has 8 heteroatoms. The number of hydrogen-bond donors (Lipinski definition) is 0. The number of nitrogens with zero attached hydrogens (tertiary/aromatic N) is 2. The van der Waals surface area contributed by atoms with Crippen molar-refractivity contribution in [2.75, 3.05) is 7.11 Å². The number of hydrogen-bond acceptors (Lipinski definition) is 5. The van der Waals surface area contributed by atoms with Crippen LogP contribution in [0.4, 0.5) is 13.2 Å². The Bertz CT molecular complexity index is 349. The van der Waals surface area contributed by atoms with Crippen LogP contribution in [0.5, 0.6) is 5.88 Å². The highest BCUT2D eigenvalue weighted by Gasteiger charge is 2.32. The fourth-order valence-electron chi connectivity index (χ4n) is 0.697. The SMILES string of the molecule is COC(=O)c1cnc(OC(F)(F)F)cn1. The highest BCUT2D eigenvalue weighted by molar-refractivity contribution is 5.86. The van der Waals surface area contributed by atoms with Crippen LogP contribution in [0.25, 0.3) is 0 Å². The molecule has 0 aliphatic carbocycles. The van der Waals surface area contributed by atoms with Gasteiger partial charge < -0.3 is 9.47 Å². The lowest BCUT2D eigenvalue weighted by Gasteiger charge is -2.06. The number of alkyl halides is 3. The summed E-state index contributed by atoms with van der Waals surface area (Å²) in [6.07, 6.45) is -3.33. The van der Waals surface area contributed by atoms with E-state index >= 15 is 0 Å². The minimum Gasteiger partial charge on any atom is -0.464 e. The van der Waals surface area contributed by atoms with E-state index in [4.69, 9.17) is 0 Å². The molecule has 1 aromatic rings. The Morgan fingerprint density at radius 2 is 2.00 bits per heavy atom. The van der Waals surface area contributed by atoms with Gasteiger partial charge in [-0.15, -0.1) is 13.2 Å². The van der Waals surface area contributed by atoms with Crippen molar-refractivity contribution in [2.24, 2.45) is 0 Å². The van der Waals surface area contributed by atoms with E-state index in [1.807, 2.05) is 0 Å². The molecule has 0 unspecified atom stereocenters. The lowest BCUT2D eigenvalue weighted by molar-refractivity contribution is -0.276. The van der Waals surface area contributed by atoms with Gasteiger partial charge in [-0.3, -0.25) is 0 Å². The summed E-state index contributed by atoms with van der Waals surface area (Å²) in [4.78, 5) is 17.4. The van der Waals surface area contributed by atoms with Gasteiger partial charge in [-0.05, 0) is 0 Å². The van der Waals surface area contributed by atoms with Gasteiger partial charge in [0, 0.05) is 0 Å². The fraction of sp³-hybridized carbons (Fsp3) is 0.286. The van der Waals surface area contributed by atoms with Gasteiger partial charge in [-0.2, -0.15) is 0 Å². The normalized spacial score (nSPS) is 10.9. The van der Waals surface area contributed by atoms with Gasteiger partial charge in [0.25, 0.3) is 0 Å². The molecule has 0 aliphatic heterocycles. The topological polar surface area (TPSA) is 61.3 Å². The minimum atomic E-state index is -4.83. The van der Waals surface area contributed by atoms with Gasteiger partial charge in [0.05, 0.1) is 19.5 Å². The van der Waals surface area contributed by atoms with Gasteiger partial charge in [0.15, 0.2) is 5.69 Å². The Kier molecular flexibility index (Phi) is 3.08. The van der Waals surface area contributed by atoms with Crippen molar-refractivity contribution in [2.45, 2.75) is 6.36 Å². The largest absolute Gasteiger partial charge is 0.574 e. The molecule has 82 valence electrons. The Hall–Kier alpha value is -1.86. The van der Waals surface area contributed by atoms with Crippen molar-refractivity contribution in [3.63, 3.8) is 0 Å². The van der Waals surface area contributed by atoms with Gasteiger partial charge in [0.2, 0.25) is 5.88 Å². The van der Waals surface area contributed by atoms with E-state index in [0.717, 1.165) is 13.3 Å². The first kappa shape index (κ1) is 11.2. The summed E-state index contributed by atoms with van der Waals surface area (Å²) in [6, 6.07) is 0. The third kappa shape index (κ3) is 3.41. The zero-order chi connectivity index (χ0) is 11.5. The molecule has 1 rings (SSSR count). The maximum Gasteiger partial charge on any atom is 0.574 e. The van der Waals surface area contributed by atoms with Crippen LogP contribution < -0.4 is 4.74 Å². The van der Waals surface area contributed by atoms with Crippen molar-refractivity contribution in [1.82, 2.24) is 9.97 Å². The second-order valence-corrected chi connectivity index (χ2v) is 2.28. The highest BCUT2D eigenvalue weighted by atomic mass is 19.4. The molecule has 15 heavy (non-hydrogen) atoms. The molecule has 0 saturated heterocycles. The molecule has 1 aromatic heterocycles. The third-order valence-corrected chi connectivity index (χ3v) is 1.24. The summed E-state index contributed by atoms with van der Waals surface area (Å²) < 4.78 is 42.8. The van der Waals surface area contributed by atoms with Gasteiger partial charge in [-0.1, -0.05) is 0 Å². The zero-order valence-corrected chi connectivity index (χ0v) is 7.41. The van der Waals surface area contributed by atoms with E-state index in [1.165, 1.54) is 0 Å². The standard InChI is InChI=1S/C7H5F3N2O3/c1-14-6(13)4-2-12-5(3-11-4)15-7(8,9)10/h2-3H,1H3. The number of halogens is 3. The maximum atomic E-state index is 11.7. The van der Waals surface area contributed by atoms with Crippen LogP contribution in [0.1, 0.15) is 10.5 Å². The van der Waals surface area contributed by atoms with Crippen LogP contribution in [0.15, 0.2) is 12.4 Å². The van der Waals surface area contributed by atoms with Crippen LogP contribution in [0.2, 0.25) is 0 Å². The van der Waals surface area contributed by atoms with Crippen LogP contribution in [0, 0.1) is 0 Å². The van der Waals surface area contributed by atoms with Gasteiger partial charge in [0.1, 0.15) is 0 Å². The van der Waals surface area contributed by atoms with Gasteiger partial charge in [-0.25, -0.2) is 14.8 Å². The molecule has 0 spiro atoms. The maximum absolute atomic E-state index is 11.7. The van der Waals surface area contributed by atoms with E-state index in [1.54, 1.807) is 0 Å². The van der Waals surface area contributed by atoms with Crippen molar-refractivity contribution in [3.05, 3.63) is 18.1 Å². The molecule has 0 aliphatic rings. The van der Waals surface area contributed by atoms with Crippen LogP contribution >= 0.6 is 0 Å². The van der Waals surface area contributed by atoms with E-state index in [-0.39, 0.29) is 5.69 Å². The zero-order valence-electron chi connectivity index (χ0n) is 7.41. The molecule has 0 atom stereocenters. The highest BCUT2D eigenvalue weighted by Crippen LogP contribution is 2.19. The number of methoxy groups -OCH3 is 1. The molecule has 1 heterocycles. The van der Waals surface area contributed by atoms with Crippen molar-refractivity contribution < 1.29 is 27.4 Å². The van der Waals surface area contributed by atoms with E-state index in [9.17, 15) is 18.0 Å². The molecular weight excluding hydrogens is 217 g/mol. The lowest BCUT2D eigenvalue weighted by Crippen LogP contribution is -2.18. The predicted octanol–water partition coefficient (Wildman–Crippen LogP) is 1.16. The second kappa shape index (κ2) is 4.11. The average molecular weight is 222 g/mol. The molecule has 0 fully saturated rings. The van der Waals surface area contributed by atoms with E-state index < -0.39 is 18.2 Å². The van der Waals surface area contributed by atoms with Crippen LogP contribution in [-0.2, 0) is 4.74 Å². The molecule has 0 radical (unpaired) electrons. The average Bonchev–Trinajstić information content (AvgIpc) is 2.15. The summed E-state index contributed by atoms with van der Waals surface area (Å²) in [6.45, 7) is 0. The summed E-state index contributed by atoms with van der Waals surface area (Å²) >= 11 is 0. The third-order valence-electron chi connectivity index (χ3n) is 1.24. The van der Waals surface area contributed by atoms with E-state index in [0.29, 0.717) is 6.20 Å².